The van der Waals surface area contributed by atoms with Gasteiger partial charge in [-0.15, -0.1) is 4.57 Å². The summed E-state index contributed by atoms with van der Waals surface area (Å²) in [5.41, 5.74) is 1.43. The quantitative estimate of drug-likeness (QED) is 0.376. The first-order valence-corrected chi connectivity index (χ1v) is 4.69. The van der Waals surface area contributed by atoms with Crippen LogP contribution in [0.1, 0.15) is 0 Å². The lowest BCUT2D eigenvalue weighted by molar-refractivity contribution is -0.781. The predicted octanol–water partition coefficient (Wildman–Crippen LogP) is -0.203. The van der Waals surface area contributed by atoms with E-state index in [0.717, 1.165) is 13.0 Å². The van der Waals surface area contributed by atoms with Crippen LogP contribution in [0, 0.1) is 0 Å². The van der Waals surface area contributed by atoms with E-state index < -0.39 is 0 Å². The second kappa shape index (κ2) is 2.56. The van der Waals surface area contributed by atoms with E-state index in [1.165, 1.54) is 5.59 Å². The van der Waals surface area contributed by atoms with Gasteiger partial charge in [-0.05, 0) is 6.08 Å². The van der Waals surface area contributed by atoms with Crippen LogP contribution in [0.3, 0.4) is 0 Å². The van der Waals surface area contributed by atoms with Gasteiger partial charge in [-0.2, -0.15) is 0 Å². The predicted molar refractivity (Wildman–Crippen MR) is 52.3 cm³/mol. The Labute approximate surface area is 77.9 Å². The Morgan fingerprint density at radius 1 is 1.31 bits per heavy atom. The SMILES string of the molecule is C1=CCB2c3cccc[n+]3C[N+]2=C1. The number of rotatable bonds is 0. The molecule has 3 heterocycles. The Bertz CT molecular complexity index is 409. The number of hydrogen-bond donors (Lipinski definition) is 0. The summed E-state index contributed by atoms with van der Waals surface area (Å²) in [5.74, 6) is 0. The van der Waals surface area contributed by atoms with Crippen molar-refractivity contribution in [2.75, 3.05) is 0 Å². The highest BCUT2D eigenvalue weighted by Gasteiger charge is 2.48. The molecule has 0 saturated carbocycles. The highest BCUT2D eigenvalue weighted by molar-refractivity contribution is 6.65. The largest absolute Gasteiger partial charge is 0.594 e. The summed E-state index contributed by atoms with van der Waals surface area (Å²) in [6.45, 7) is 1.58. The van der Waals surface area contributed by atoms with Gasteiger partial charge >= 0.3 is 13.5 Å². The molecule has 3 heteroatoms. The van der Waals surface area contributed by atoms with Gasteiger partial charge in [-0.1, -0.05) is 12.1 Å². The molecule has 1 aromatic heterocycles. The molecule has 0 atom stereocenters. The first-order chi connectivity index (χ1) is 6.45. The van der Waals surface area contributed by atoms with Crippen LogP contribution in [0.4, 0.5) is 0 Å². The molecule has 0 bridgehead atoms. The maximum atomic E-state index is 2.38. The minimum absolute atomic E-state index is 0.575. The summed E-state index contributed by atoms with van der Waals surface area (Å²) >= 11 is 0. The molecule has 2 nitrogen and oxygen atoms in total. The van der Waals surface area contributed by atoms with Gasteiger partial charge < -0.3 is 0 Å². The molecule has 1 aromatic rings. The Kier molecular flexibility index (Phi) is 1.39. The van der Waals surface area contributed by atoms with Crippen molar-refractivity contribution in [1.29, 1.82) is 0 Å². The summed E-state index contributed by atoms with van der Waals surface area (Å²) in [6, 6.07) is 6.43. The normalized spacial score (nSPS) is 18.2. The molecule has 0 amide bonds. The lowest BCUT2D eigenvalue weighted by Gasteiger charge is -1.96. The van der Waals surface area contributed by atoms with Crippen molar-refractivity contribution < 1.29 is 9.05 Å². The zero-order valence-electron chi connectivity index (χ0n) is 7.43. The molecule has 0 radical (unpaired) electrons. The topological polar surface area (TPSA) is 6.89 Å². The number of fused-ring (bicyclic) bond motifs is 3. The second-order valence-electron chi connectivity index (χ2n) is 3.58. The summed E-state index contributed by atoms with van der Waals surface area (Å²) < 4.78 is 4.70. The van der Waals surface area contributed by atoms with Crippen molar-refractivity contribution in [3.63, 3.8) is 0 Å². The minimum atomic E-state index is 0.575. The van der Waals surface area contributed by atoms with Crippen molar-refractivity contribution in [3.8, 4) is 0 Å². The minimum Gasteiger partial charge on any atom is -0.254 e. The second-order valence-corrected chi connectivity index (χ2v) is 3.58. The molecule has 2 aliphatic rings. The zero-order chi connectivity index (χ0) is 8.67. The number of nitrogens with zero attached hydrogens (tertiary/aromatic N) is 2. The number of pyridine rings is 1. The molecule has 0 fully saturated rings. The van der Waals surface area contributed by atoms with Gasteiger partial charge in [0.1, 0.15) is 6.21 Å². The third kappa shape index (κ3) is 0.965. The molecule has 2 aliphatic heterocycles. The van der Waals surface area contributed by atoms with Crippen molar-refractivity contribution in [2.24, 2.45) is 0 Å². The third-order valence-electron chi connectivity index (χ3n) is 2.81. The van der Waals surface area contributed by atoms with E-state index in [9.17, 15) is 0 Å². The van der Waals surface area contributed by atoms with Gasteiger partial charge in [0.15, 0.2) is 6.20 Å². The van der Waals surface area contributed by atoms with E-state index >= 15 is 0 Å². The number of aromatic nitrogens is 1. The van der Waals surface area contributed by atoms with Gasteiger partial charge in [0.25, 0.3) is 0 Å². The zero-order valence-corrected chi connectivity index (χ0v) is 7.43. The van der Waals surface area contributed by atoms with Gasteiger partial charge in [0.05, 0.1) is 0 Å². The van der Waals surface area contributed by atoms with Crippen molar-refractivity contribution >= 4 is 18.7 Å². The van der Waals surface area contributed by atoms with Crippen LogP contribution in [0.25, 0.3) is 0 Å². The Morgan fingerprint density at radius 2 is 2.31 bits per heavy atom. The molecule has 3 rings (SSSR count). The molecule has 13 heavy (non-hydrogen) atoms. The van der Waals surface area contributed by atoms with Crippen LogP contribution in [-0.4, -0.2) is 17.5 Å². The molecular formula is C10H11BN2+2. The first kappa shape index (κ1) is 7.07. The van der Waals surface area contributed by atoms with Crippen molar-refractivity contribution in [1.82, 2.24) is 0 Å². The first-order valence-electron chi connectivity index (χ1n) is 4.69. The average molecular weight is 170 g/mol. The molecule has 0 unspecified atom stereocenters. The third-order valence-corrected chi connectivity index (χ3v) is 2.81. The fourth-order valence-electron chi connectivity index (χ4n) is 2.15. The standard InChI is InChI=1S/C10H11BN2/c1-3-7-12-9-13-8-4-2-6-11(13)10(12)5-1/h1-5,7-8H,6,9H2/q+2. The summed E-state index contributed by atoms with van der Waals surface area (Å²) in [5, 5.41) is 0. The lowest BCUT2D eigenvalue weighted by Crippen LogP contribution is -2.48. The van der Waals surface area contributed by atoms with Crippen LogP contribution < -0.4 is 10.2 Å². The van der Waals surface area contributed by atoms with Crippen LogP contribution in [0.2, 0.25) is 6.32 Å². The van der Waals surface area contributed by atoms with E-state index in [0.29, 0.717) is 6.85 Å². The van der Waals surface area contributed by atoms with Crippen LogP contribution in [0.5, 0.6) is 0 Å². The van der Waals surface area contributed by atoms with Gasteiger partial charge in [-0.3, -0.25) is 4.49 Å². The van der Waals surface area contributed by atoms with Gasteiger partial charge in [0.2, 0.25) is 5.59 Å². The molecule has 0 saturated heterocycles. The Morgan fingerprint density at radius 3 is 3.31 bits per heavy atom. The summed E-state index contributed by atoms with van der Waals surface area (Å²) in [7, 11) is 0. The molecule has 62 valence electrons. The smallest absolute Gasteiger partial charge is 0.254 e. The van der Waals surface area contributed by atoms with Crippen LogP contribution in [0.15, 0.2) is 36.5 Å². The fraction of sp³-hybridized carbons (Fsp3) is 0.200. The maximum absolute atomic E-state index is 2.38. The van der Waals surface area contributed by atoms with E-state index in [1.807, 2.05) is 0 Å². The Hall–Kier alpha value is -1.38. The van der Waals surface area contributed by atoms with E-state index in [4.69, 9.17) is 0 Å². The molecule has 0 spiro atoms. The van der Waals surface area contributed by atoms with Gasteiger partial charge in [0, 0.05) is 18.5 Å². The Balaban J connectivity index is 2.14. The molecular weight excluding hydrogens is 159 g/mol. The summed E-state index contributed by atoms with van der Waals surface area (Å²) in [6.07, 6.45) is 9.86. The van der Waals surface area contributed by atoms with E-state index in [-0.39, 0.29) is 0 Å². The van der Waals surface area contributed by atoms with Crippen LogP contribution in [-0.2, 0) is 6.67 Å². The van der Waals surface area contributed by atoms with Crippen LogP contribution >= 0.6 is 0 Å². The molecule has 0 aromatic carbocycles. The number of hydrogen-bond acceptors (Lipinski definition) is 0. The van der Waals surface area contributed by atoms with E-state index in [1.54, 1.807) is 0 Å². The molecule has 0 aliphatic carbocycles. The summed E-state index contributed by atoms with van der Waals surface area (Å²) in [4.78, 5) is 0. The number of allylic oxidation sites excluding steroid dienone is 2. The van der Waals surface area contributed by atoms with Crippen molar-refractivity contribution in [2.45, 2.75) is 13.0 Å². The average Bonchev–Trinajstić information content (AvgIpc) is 2.56. The van der Waals surface area contributed by atoms with Gasteiger partial charge in [-0.25, -0.2) is 0 Å². The maximum Gasteiger partial charge on any atom is 0.594 e. The highest BCUT2D eigenvalue weighted by Crippen LogP contribution is 2.04. The monoisotopic (exact) mass is 170 g/mol. The molecule has 0 N–H and O–H groups in total. The highest BCUT2D eigenvalue weighted by atomic mass is 15.2. The van der Waals surface area contributed by atoms with Crippen molar-refractivity contribution in [3.05, 3.63) is 36.5 Å². The lowest BCUT2D eigenvalue weighted by atomic mass is 9.55. The van der Waals surface area contributed by atoms with E-state index in [2.05, 4.69) is 51.8 Å². The fourth-order valence-corrected chi connectivity index (χ4v) is 2.15.